The van der Waals surface area contributed by atoms with Crippen LogP contribution in [-0.2, 0) is 9.59 Å². The maximum absolute atomic E-state index is 12.5. The van der Waals surface area contributed by atoms with Gasteiger partial charge in [-0.25, -0.2) is 0 Å². The van der Waals surface area contributed by atoms with E-state index in [1.807, 2.05) is 12.1 Å². The van der Waals surface area contributed by atoms with E-state index < -0.39 is 0 Å². The standard InChI is InChI=1S/C28H39N3O2/c1-18(6-11-25(32)30-19-5-4-16-29-17-19)21-8-9-22-20-7-10-24-28(3,15-13-26(33)31-24)23(20)12-14-27(21,22)2/h4-5,13,15-18,20-24H,6-12,14H2,1-3H3,(H,30,32)(H,31,33)/t18-,20+,21-,22+,23+,24-,27-,28-/m1/s1. The number of aromatic nitrogens is 1. The summed E-state index contributed by atoms with van der Waals surface area (Å²) in [5.41, 5.74) is 1.26. The van der Waals surface area contributed by atoms with Crippen LogP contribution in [-0.4, -0.2) is 22.8 Å². The monoisotopic (exact) mass is 449 g/mol. The highest BCUT2D eigenvalue weighted by Gasteiger charge is 2.60. The highest BCUT2D eigenvalue weighted by molar-refractivity contribution is 5.90. The molecule has 1 aromatic heterocycles. The molecule has 5 heteroatoms. The summed E-state index contributed by atoms with van der Waals surface area (Å²) >= 11 is 0. The highest BCUT2D eigenvalue weighted by atomic mass is 16.2. The first kappa shape index (κ1) is 22.6. The second kappa shape index (κ2) is 8.56. The van der Waals surface area contributed by atoms with Crippen LogP contribution < -0.4 is 10.6 Å². The summed E-state index contributed by atoms with van der Waals surface area (Å²) in [5, 5.41) is 6.25. The lowest BCUT2D eigenvalue weighted by Crippen LogP contribution is -2.59. The number of rotatable bonds is 5. The third-order valence-electron chi connectivity index (χ3n) is 10.2. The lowest BCUT2D eigenvalue weighted by molar-refractivity contribution is -0.122. The second-order valence-corrected chi connectivity index (χ2v) is 11.7. The molecular formula is C28H39N3O2. The number of anilines is 1. The molecule has 2 heterocycles. The van der Waals surface area contributed by atoms with Gasteiger partial charge in [-0.3, -0.25) is 14.6 Å². The van der Waals surface area contributed by atoms with Gasteiger partial charge >= 0.3 is 0 Å². The topological polar surface area (TPSA) is 71.1 Å². The maximum Gasteiger partial charge on any atom is 0.243 e. The van der Waals surface area contributed by atoms with Gasteiger partial charge in [-0.15, -0.1) is 0 Å². The predicted octanol–water partition coefficient (Wildman–Crippen LogP) is 5.35. The Balaban J connectivity index is 1.24. The van der Waals surface area contributed by atoms with Gasteiger partial charge in [0.05, 0.1) is 11.9 Å². The summed E-state index contributed by atoms with van der Waals surface area (Å²) in [4.78, 5) is 28.5. The summed E-state index contributed by atoms with van der Waals surface area (Å²) in [6.45, 7) is 7.33. The van der Waals surface area contributed by atoms with Gasteiger partial charge in [-0.2, -0.15) is 0 Å². The Morgan fingerprint density at radius 2 is 2.06 bits per heavy atom. The Kier molecular flexibility index (Phi) is 5.86. The molecule has 3 fully saturated rings. The smallest absolute Gasteiger partial charge is 0.243 e. The molecular weight excluding hydrogens is 410 g/mol. The van der Waals surface area contributed by atoms with Gasteiger partial charge in [0.25, 0.3) is 0 Å². The van der Waals surface area contributed by atoms with E-state index in [-0.39, 0.29) is 17.2 Å². The molecule has 5 nitrogen and oxygen atoms in total. The van der Waals surface area contributed by atoms with Gasteiger partial charge in [-0.05, 0) is 98.2 Å². The van der Waals surface area contributed by atoms with Crippen molar-refractivity contribution in [1.82, 2.24) is 10.3 Å². The summed E-state index contributed by atoms with van der Waals surface area (Å²) < 4.78 is 0. The minimum atomic E-state index is 0.0823. The fourth-order valence-corrected chi connectivity index (χ4v) is 8.53. The van der Waals surface area contributed by atoms with Crippen LogP contribution in [0.3, 0.4) is 0 Å². The van der Waals surface area contributed by atoms with Crippen molar-refractivity contribution in [2.45, 2.75) is 78.2 Å². The average Bonchev–Trinajstić information content (AvgIpc) is 3.16. The lowest BCUT2D eigenvalue weighted by atomic mass is 9.47. The first-order valence-electron chi connectivity index (χ1n) is 13.0. The summed E-state index contributed by atoms with van der Waals surface area (Å²) in [5.74, 6) is 3.63. The zero-order chi connectivity index (χ0) is 23.2. The largest absolute Gasteiger partial charge is 0.349 e. The van der Waals surface area contributed by atoms with Gasteiger partial charge in [0, 0.05) is 24.1 Å². The molecule has 2 N–H and O–H groups in total. The molecule has 1 aliphatic heterocycles. The third-order valence-corrected chi connectivity index (χ3v) is 10.2. The van der Waals surface area contributed by atoms with Crippen molar-refractivity contribution in [2.75, 3.05) is 5.32 Å². The number of carbonyl (C=O) groups excluding carboxylic acids is 2. The zero-order valence-electron chi connectivity index (χ0n) is 20.3. The van der Waals surface area contributed by atoms with Crippen molar-refractivity contribution in [3.63, 3.8) is 0 Å². The van der Waals surface area contributed by atoms with Crippen molar-refractivity contribution < 1.29 is 9.59 Å². The Morgan fingerprint density at radius 3 is 2.85 bits per heavy atom. The van der Waals surface area contributed by atoms with Crippen molar-refractivity contribution >= 4 is 17.5 Å². The Morgan fingerprint density at radius 1 is 1.21 bits per heavy atom. The van der Waals surface area contributed by atoms with Gasteiger partial charge in [0.15, 0.2) is 0 Å². The average molecular weight is 450 g/mol. The normalized spacial score (nSPS) is 40.2. The number of fused-ring (bicyclic) bond motifs is 5. The number of hydrogen-bond donors (Lipinski definition) is 2. The van der Waals surface area contributed by atoms with E-state index in [1.54, 1.807) is 18.5 Å². The van der Waals surface area contributed by atoms with Crippen LogP contribution >= 0.6 is 0 Å². The molecule has 8 atom stereocenters. The molecule has 3 saturated carbocycles. The van der Waals surface area contributed by atoms with Gasteiger partial charge in [0.1, 0.15) is 0 Å². The summed E-state index contributed by atoms with van der Waals surface area (Å²) in [7, 11) is 0. The molecule has 0 saturated heterocycles. The number of nitrogens with zero attached hydrogens (tertiary/aromatic N) is 1. The second-order valence-electron chi connectivity index (χ2n) is 11.7. The van der Waals surface area contributed by atoms with E-state index in [9.17, 15) is 9.59 Å². The summed E-state index contributed by atoms with van der Waals surface area (Å²) in [6, 6.07) is 4.03. The Hall–Kier alpha value is -2.17. The van der Waals surface area contributed by atoms with Crippen molar-refractivity contribution in [3.05, 3.63) is 36.7 Å². The molecule has 4 aliphatic rings. The molecule has 0 radical (unpaired) electrons. The third kappa shape index (κ3) is 3.91. The number of pyridine rings is 1. The van der Waals surface area contributed by atoms with E-state index in [0.29, 0.717) is 35.6 Å². The van der Waals surface area contributed by atoms with E-state index in [4.69, 9.17) is 0 Å². The van der Waals surface area contributed by atoms with Crippen LogP contribution in [0, 0.1) is 40.4 Å². The molecule has 0 unspecified atom stereocenters. The van der Waals surface area contributed by atoms with Crippen LogP contribution in [0.1, 0.15) is 72.1 Å². The fourth-order valence-electron chi connectivity index (χ4n) is 8.53. The van der Waals surface area contributed by atoms with E-state index in [0.717, 1.165) is 30.4 Å². The van der Waals surface area contributed by atoms with E-state index in [2.05, 4.69) is 42.5 Å². The molecule has 3 aliphatic carbocycles. The molecule has 2 amide bonds. The zero-order valence-corrected chi connectivity index (χ0v) is 20.3. The number of amides is 2. The van der Waals surface area contributed by atoms with E-state index >= 15 is 0 Å². The molecule has 0 spiro atoms. The molecule has 0 aromatic carbocycles. The fraction of sp³-hybridized carbons (Fsp3) is 0.679. The van der Waals surface area contributed by atoms with Crippen molar-refractivity contribution in [3.8, 4) is 0 Å². The van der Waals surface area contributed by atoms with Gasteiger partial charge in [-0.1, -0.05) is 26.8 Å². The maximum atomic E-state index is 12.5. The molecule has 1 aromatic rings. The Labute approximate surface area is 198 Å². The lowest BCUT2D eigenvalue weighted by Gasteiger charge is -2.59. The van der Waals surface area contributed by atoms with Crippen LogP contribution in [0.5, 0.6) is 0 Å². The molecule has 5 rings (SSSR count). The summed E-state index contributed by atoms with van der Waals surface area (Å²) in [6.07, 6.45) is 16.5. The quantitative estimate of drug-likeness (QED) is 0.636. The van der Waals surface area contributed by atoms with Crippen LogP contribution in [0.2, 0.25) is 0 Å². The first-order valence-corrected chi connectivity index (χ1v) is 13.0. The highest BCUT2D eigenvalue weighted by Crippen LogP contribution is 2.66. The SMILES string of the molecule is C[C@H](CCC(=O)Nc1cccnc1)[C@H]1CC[C@H]2[C@@H]3CC[C@H]4NC(=O)C=C[C@]4(C)[C@H]3CC[C@]12C. The molecule has 33 heavy (non-hydrogen) atoms. The minimum absolute atomic E-state index is 0.0823. The molecule has 178 valence electrons. The van der Waals surface area contributed by atoms with Crippen molar-refractivity contribution in [1.29, 1.82) is 0 Å². The number of carbonyl (C=O) groups is 2. The Bertz CT molecular complexity index is 930. The van der Waals surface area contributed by atoms with Gasteiger partial charge in [0.2, 0.25) is 11.8 Å². The number of hydrogen-bond acceptors (Lipinski definition) is 3. The minimum Gasteiger partial charge on any atom is -0.349 e. The van der Waals surface area contributed by atoms with E-state index in [1.165, 1.54) is 32.1 Å². The van der Waals surface area contributed by atoms with Gasteiger partial charge < -0.3 is 10.6 Å². The first-order chi connectivity index (χ1) is 15.8. The van der Waals surface area contributed by atoms with Crippen molar-refractivity contribution in [2.24, 2.45) is 40.4 Å². The van der Waals surface area contributed by atoms with Crippen LogP contribution in [0.25, 0.3) is 0 Å². The number of nitrogens with one attached hydrogen (secondary N) is 2. The molecule has 0 bridgehead atoms. The van der Waals surface area contributed by atoms with Crippen LogP contribution in [0.4, 0.5) is 5.69 Å². The van der Waals surface area contributed by atoms with Crippen LogP contribution in [0.15, 0.2) is 36.7 Å². The predicted molar refractivity (Wildman–Crippen MR) is 130 cm³/mol.